The average molecular weight is 503 g/mol. The zero-order chi connectivity index (χ0) is 21.6. The van der Waals surface area contributed by atoms with E-state index in [1.807, 2.05) is 28.7 Å². The molecule has 148 valence electrons. The molecule has 0 saturated carbocycles. The van der Waals surface area contributed by atoms with E-state index in [1.165, 1.54) is 31.2 Å². The number of rotatable bonds is 5. The number of amides is 2. The second-order valence-corrected chi connectivity index (χ2v) is 7.29. The Morgan fingerprint density at radius 2 is 1.72 bits per heavy atom. The van der Waals surface area contributed by atoms with Gasteiger partial charge in [0, 0.05) is 14.8 Å². The van der Waals surface area contributed by atoms with E-state index in [-0.39, 0.29) is 5.56 Å². The Hall–Kier alpha value is -3.15. The van der Waals surface area contributed by atoms with Crippen molar-refractivity contribution in [1.82, 2.24) is 10.9 Å². The van der Waals surface area contributed by atoms with Crippen LogP contribution < -0.4 is 16.2 Å². The number of anilines is 1. The minimum Gasteiger partial charge on any atom is -0.391 e. The number of nitrogens with zero attached hydrogens (tertiary/aromatic N) is 2. The van der Waals surface area contributed by atoms with E-state index in [1.54, 1.807) is 19.1 Å². The molecule has 0 saturated heterocycles. The molecule has 0 unspecified atom stereocenters. The van der Waals surface area contributed by atoms with E-state index in [4.69, 9.17) is 10.5 Å². The highest BCUT2D eigenvalue weighted by atomic mass is 127. The quantitative estimate of drug-likeness (QED) is 0.364. The second-order valence-electron chi connectivity index (χ2n) is 6.21. The van der Waals surface area contributed by atoms with Crippen molar-refractivity contribution in [3.8, 4) is 12.1 Å². The number of hydrogen-bond acceptors (Lipinski definition) is 6. The van der Waals surface area contributed by atoms with Crippen LogP contribution in [0.1, 0.15) is 34.0 Å². The van der Waals surface area contributed by atoms with Crippen LogP contribution in [0, 0.1) is 33.2 Å². The highest BCUT2D eigenvalue weighted by Crippen LogP contribution is 2.25. The van der Waals surface area contributed by atoms with Gasteiger partial charge in [-0.2, -0.15) is 10.5 Å². The van der Waals surface area contributed by atoms with Crippen molar-refractivity contribution in [2.45, 2.75) is 26.0 Å². The Kier molecular flexibility index (Phi) is 7.53. The van der Waals surface area contributed by atoms with Crippen LogP contribution in [0.15, 0.2) is 36.4 Å². The highest BCUT2D eigenvalue weighted by Gasteiger charge is 2.25. The van der Waals surface area contributed by atoms with Gasteiger partial charge in [-0.05, 0) is 78.4 Å². The second kappa shape index (κ2) is 9.87. The molecule has 2 aromatic rings. The maximum Gasteiger partial charge on any atom is 0.269 e. The molecular weight excluding hydrogens is 485 g/mol. The van der Waals surface area contributed by atoms with E-state index in [9.17, 15) is 14.7 Å². The maximum absolute atomic E-state index is 12.5. The van der Waals surface area contributed by atoms with Crippen LogP contribution in [0.3, 0.4) is 0 Å². The van der Waals surface area contributed by atoms with Crippen molar-refractivity contribution >= 4 is 40.1 Å². The molecule has 0 spiro atoms. The molecule has 2 rings (SSSR count). The summed E-state index contributed by atoms with van der Waals surface area (Å²) in [5.74, 6) is -1.20. The van der Waals surface area contributed by atoms with Crippen molar-refractivity contribution in [1.29, 1.82) is 10.5 Å². The van der Waals surface area contributed by atoms with Gasteiger partial charge < -0.3 is 10.4 Å². The summed E-state index contributed by atoms with van der Waals surface area (Å²) in [6, 6.07) is 12.2. The first kappa shape index (κ1) is 22.1. The molecule has 0 aliphatic rings. The summed E-state index contributed by atoms with van der Waals surface area (Å²) in [5.41, 5.74) is 7.13. The van der Waals surface area contributed by atoms with Gasteiger partial charge in [0.25, 0.3) is 11.8 Å². The first-order valence-corrected chi connectivity index (χ1v) is 9.60. The number of benzene rings is 2. The van der Waals surface area contributed by atoms with Gasteiger partial charge >= 0.3 is 0 Å². The van der Waals surface area contributed by atoms with E-state index in [0.717, 1.165) is 9.13 Å². The predicted molar refractivity (Wildman–Crippen MR) is 114 cm³/mol. The summed E-state index contributed by atoms with van der Waals surface area (Å²) >= 11 is 2.05. The number of aliphatic hydroxyl groups is 1. The van der Waals surface area contributed by atoms with E-state index >= 15 is 0 Å². The van der Waals surface area contributed by atoms with Crippen LogP contribution in [0.5, 0.6) is 0 Å². The molecule has 4 N–H and O–H groups in total. The third-order valence-corrected chi connectivity index (χ3v) is 5.55. The largest absolute Gasteiger partial charge is 0.391 e. The molecule has 2 amide bonds. The maximum atomic E-state index is 12.5. The third kappa shape index (κ3) is 5.44. The molecule has 2 aromatic carbocycles. The summed E-state index contributed by atoms with van der Waals surface area (Å²) in [6.45, 7) is 3.25. The van der Waals surface area contributed by atoms with Gasteiger partial charge in [-0.25, -0.2) is 0 Å². The van der Waals surface area contributed by atoms with Gasteiger partial charge in [-0.1, -0.05) is 0 Å². The Morgan fingerprint density at radius 3 is 2.28 bits per heavy atom. The Balaban J connectivity index is 2.08. The molecule has 0 bridgehead atoms. The number of carbonyl (C=O) groups is 2. The van der Waals surface area contributed by atoms with Crippen molar-refractivity contribution < 1.29 is 14.7 Å². The van der Waals surface area contributed by atoms with Gasteiger partial charge in [0.15, 0.2) is 0 Å². The molecule has 0 aromatic heterocycles. The van der Waals surface area contributed by atoms with E-state index < -0.39 is 24.0 Å². The van der Waals surface area contributed by atoms with E-state index in [2.05, 4.69) is 22.2 Å². The topological polar surface area (TPSA) is 138 Å². The molecule has 0 radical (unpaired) electrons. The molecule has 0 heterocycles. The lowest BCUT2D eigenvalue weighted by Gasteiger charge is -2.23. The highest BCUT2D eigenvalue weighted by molar-refractivity contribution is 14.1. The van der Waals surface area contributed by atoms with Gasteiger partial charge in [0.2, 0.25) is 0 Å². The molecular formula is C20H18IN5O3. The number of carbonyl (C=O) groups excluding carboxylic acids is 2. The smallest absolute Gasteiger partial charge is 0.269 e. The molecule has 29 heavy (non-hydrogen) atoms. The van der Waals surface area contributed by atoms with Crippen LogP contribution in [0.25, 0.3) is 0 Å². The van der Waals surface area contributed by atoms with E-state index in [0.29, 0.717) is 16.8 Å². The third-order valence-electron chi connectivity index (χ3n) is 4.16. The van der Waals surface area contributed by atoms with Crippen molar-refractivity contribution in [2.24, 2.45) is 0 Å². The number of hydrazine groups is 1. The predicted octanol–water partition coefficient (Wildman–Crippen LogP) is 1.97. The van der Waals surface area contributed by atoms with Gasteiger partial charge in [0.05, 0.1) is 23.3 Å². The SMILES string of the molecule is Cc1c(N[C@@H](C(=O)NNC(=O)c2ccc(C#N)cc2)[C@H](C)O)ccc(C#N)c1I. The van der Waals surface area contributed by atoms with Gasteiger partial charge in [-0.3, -0.25) is 20.4 Å². The first-order valence-electron chi connectivity index (χ1n) is 8.52. The van der Waals surface area contributed by atoms with Gasteiger partial charge in [-0.15, -0.1) is 0 Å². The zero-order valence-electron chi connectivity index (χ0n) is 15.7. The van der Waals surface area contributed by atoms with Crippen LogP contribution in [-0.2, 0) is 4.79 Å². The number of halogens is 1. The lowest BCUT2D eigenvalue weighted by atomic mass is 10.1. The summed E-state index contributed by atoms with van der Waals surface area (Å²) in [4.78, 5) is 24.6. The minimum absolute atomic E-state index is 0.267. The van der Waals surface area contributed by atoms with Gasteiger partial charge in [0.1, 0.15) is 12.1 Å². The van der Waals surface area contributed by atoms with Crippen LogP contribution in [0.4, 0.5) is 5.69 Å². The lowest BCUT2D eigenvalue weighted by molar-refractivity contribution is -0.124. The summed E-state index contributed by atoms with van der Waals surface area (Å²) in [7, 11) is 0. The monoisotopic (exact) mass is 503 g/mol. The van der Waals surface area contributed by atoms with Crippen LogP contribution in [0.2, 0.25) is 0 Å². The fourth-order valence-electron chi connectivity index (χ4n) is 2.46. The lowest BCUT2D eigenvalue weighted by Crippen LogP contribution is -2.52. The minimum atomic E-state index is -1.06. The molecule has 8 nitrogen and oxygen atoms in total. The average Bonchev–Trinajstić information content (AvgIpc) is 2.72. The summed E-state index contributed by atoms with van der Waals surface area (Å²) in [6.07, 6.45) is -1.06. The number of hydrogen-bond donors (Lipinski definition) is 4. The molecule has 0 fully saturated rings. The Bertz CT molecular complexity index is 1010. The fraction of sp³-hybridized carbons (Fsp3) is 0.200. The zero-order valence-corrected chi connectivity index (χ0v) is 17.8. The molecule has 0 aliphatic carbocycles. The fourth-order valence-corrected chi connectivity index (χ4v) is 3.06. The molecule has 0 aliphatic heterocycles. The number of nitriles is 2. The summed E-state index contributed by atoms with van der Waals surface area (Å²) < 4.78 is 0.744. The molecule has 2 atom stereocenters. The van der Waals surface area contributed by atoms with Crippen molar-refractivity contribution in [3.05, 3.63) is 62.2 Å². The Morgan fingerprint density at radius 1 is 1.07 bits per heavy atom. The first-order chi connectivity index (χ1) is 13.8. The van der Waals surface area contributed by atoms with Crippen LogP contribution in [-0.4, -0.2) is 29.1 Å². The standard InChI is InChI=1S/C20H18IN5O3/c1-11-16(8-7-15(10-23)17(11)21)24-18(12(2)27)20(29)26-25-19(28)14-5-3-13(9-22)4-6-14/h3-8,12,18,24,27H,1-2H3,(H,25,28)(H,26,29)/t12-,18+/m0/s1. The molecule has 9 heteroatoms. The normalized spacial score (nSPS) is 12.1. The summed E-state index contributed by atoms with van der Waals surface area (Å²) in [5, 5.41) is 30.9. The van der Waals surface area contributed by atoms with Crippen molar-refractivity contribution in [3.63, 3.8) is 0 Å². The number of aliphatic hydroxyl groups excluding tert-OH is 1. The van der Waals surface area contributed by atoms with Crippen molar-refractivity contribution in [2.75, 3.05) is 5.32 Å². The van der Waals surface area contributed by atoms with Crippen LogP contribution >= 0.6 is 22.6 Å². The number of nitrogens with one attached hydrogen (secondary N) is 3. The Labute approximate surface area is 181 Å².